The molecule has 2 aromatic heterocycles. The number of ketones is 1. The van der Waals surface area contributed by atoms with Crippen LogP contribution in [0, 0.1) is 5.41 Å². The molecule has 0 amide bonds. The van der Waals surface area contributed by atoms with E-state index in [0.29, 0.717) is 11.4 Å². The SMILES string of the molecule is CC1(C)CC(=O)C2=C(C1)Nc1ccc3ncccc3c1C2c1ccc(Cl)cn1. The Hall–Kier alpha value is -2.72. The van der Waals surface area contributed by atoms with Crippen molar-refractivity contribution in [3.05, 3.63) is 76.3 Å². The van der Waals surface area contributed by atoms with Gasteiger partial charge in [0.1, 0.15) is 0 Å². The van der Waals surface area contributed by atoms with E-state index in [9.17, 15) is 4.79 Å². The molecule has 140 valence electrons. The number of allylic oxidation sites excluding steroid dienone is 2. The second kappa shape index (κ2) is 6.14. The van der Waals surface area contributed by atoms with Crippen molar-refractivity contribution in [1.82, 2.24) is 9.97 Å². The van der Waals surface area contributed by atoms with Crippen LogP contribution in [0.15, 0.2) is 60.1 Å². The lowest BCUT2D eigenvalue weighted by atomic mass is 9.69. The van der Waals surface area contributed by atoms with Crippen LogP contribution in [0.1, 0.15) is 43.9 Å². The van der Waals surface area contributed by atoms with Crippen molar-refractivity contribution in [1.29, 1.82) is 0 Å². The van der Waals surface area contributed by atoms with Crippen LogP contribution in [0.4, 0.5) is 5.69 Å². The van der Waals surface area contributed by atoms with Gasteiger partial charge in [0.25, 0.3) is 0 Å². The molecule has 1 atom stereocenters. The maximum atomic E-state index is 13.3. The Morgan fingerprint density at radius 2 is 1.96 bits per heavy atom. The van der Waals surface area contributed by atoms with E-state index in [2.05, 4.69) is 41.3 Å². The zero-order chi connectivity index (χ0) is 19.5. The molecule has 28 heavy (non-hydrogen) atoms. The molecule has 1 aliphatic carbocycles. The van der Waals surface area contributed by atoms with E-state index < -0.39 is 0 Å². The highest BCUT2D eigenvalue weighted by molar-refractivity contribution is 6.30. The van der Waals surface area contributed by atoms with Crippen LogP contribution >= 0.6 is 11.6 Å². The highest BCUT2D eigenvalue weighted by atomic mass is 35.5. The fraction of sp³-hybridized carbons (Fsp3) is 0.261. The van der Waals surface area contributed by atoms with Crippen LogP contribution < -0.4 is 5.32 Å². The van der Waals surface area contributed by atoms with Gasteiger partial charge in [0.15, 0.2) is 5.78 Å². The predicted molar refractivity (Wildman–Crippen MR) is 112 cm³/mol. The second-order valence-electron chi connectivity index (χ2n) is 8.39. The monoisotopic (exact) mass is 389 g/mol. The number of carbonyl (C=O) groups is 1. The van der Waals surface area contributed by atoms with Crippen molar-refractivity contribution in [2.24, 2.45) is 5.41 Å². The fourth-order valence-corrected chi connectivity index (χ4v) is 4.65. The summed E-state index contributed by atoms with van der Waals surface area (Å²) in [6, 6.07) is 11.8. The maximum Gasteiger partial charge on any atom is 0.162 e. The smallest absolute Gasteiger partial charge is 0.162 e. The molecule has 5 heteroatoms. The number of Topliss-reactive ketones (excluding diaryl/α,β-unsaturated/α-hetero) is 1. The van der Waals surface area contributed by atoms with Gasteiger partial charge in [-0.3, -0.25) is 14.8 Å². The van der Waals surface area contributed by atoms with E-state index in [1.54, 1.807) is 12.4 Å². The first-order chi connectivity index (χ1) is 13.4. The summed E-state index contributed by atoms with van der Waals surface area (Å²) in [6.07, 6.45) is 4.82. The lowest BCUT2D eigenvalue weighted by Gasteiger charge is -2.39. The molecule has 1 N–H and O–H groups in total. The standard InChI is InChI=1S/C23H20ClN3O/c1-23(2)10-18-21(19(28)11-23)22(16-6-5-13(24)12-26-16)20-14-4-3-9-25-15(14)7-8-17(20)27-18/h3-9,12,22,27H,10-11H2,1-2H3. The molecule has 0 spiro atoms. The Bertz CT molecular complexity index is 1150. The van der Waals surface area contributed by atoms with Crippen LogP contribution in [0.5, 0.6) is 0 Å². The number of aromatic nitrogens is 2. The van der Waals surface area contributed by atoms with E-state index >= 15 is 0 Å². The number of benzene rings is 1. The number of carbonyl (C=O) groups excluding carboxylic acids is 1. The van der Waals surface area contributed by atoms with E-state index in [1.807, 2.05) is 24.3 Å². The van der Waals surface area contributed by atoms with Gasteiger partial charge in [-0.1, -0.05) is 31.5 Å². The van der Waals surface area contributed by atoms with Gasteiger partial charge in [0.05, 0.1) is 22.2 Å². The summed E-state index contributed by atoms with van der Waals surface area (Å²) < 4.78 is 0. The molecule has 1 aliphatic heterocycles. The number of hydrogen-bond donors (Lipinski definition) is 1. The van der Waals surface area contributed by atoms with Gasteiger partial charge in [0, 0.05) is 41.2 Å². The van der Waals surface area contributed by atoms with Crippen molar-refractivity contribution in [2.45, 2.75) is 32.6 Å². The van der Waals surface area contributed by atoms with Gasteiger partial charge >= 0.3 is 0 Å². The number of hydrogen-bond acceptors (Lipinski definition) is 4. The summed E-state index contributed by atoms with van der Waals surface area (Å²) in [5.74, 6) is -0.0351. The summed E-state index contributed by atoms with van der Waals surface area (Å²) in [6.45, 7) is 4.29. The largest absolute Gasteiger partial charge is 0.358 e. The molecule has 1 aromatic carbocycles. The Morgan fingerprint density at radius 3 is 2.75 bits per heavy atom. The van der Waals surface area contributed by atoms with Gasteiger partial charge in [-0.2, -0.15) is 0 Å². The normalized spacial score (nSPS) is 20.5. The Kier molecular flexibility index (Phi) is 3.81. The van der Waals surface area contributed by atoms with Gasteiger partial charge in [0.2, 0.25) is 0 Å². The average Bonchev–Trinajstić information content (AvgIpc) is 2.66. The first-order valence-electron chi connectivity index (χ1n) is 9.45. The van der Waals surface area contributed by atoms with Crippen molar-refractivity contribution >= 4 is 34.0 Å². The molecule has 0 bridgehead atoms. The lowest BCUT2D eigenvalue weighted by molar-refractivity contribution is -0.118. The van der Waals surface area contributed by atoms with E-state index in [0.717, 1.165) is 45.5 Å². The molecular formula is C23H20ClN3O. The van der Waals surface area contributed by atoms with Crippen LogP contribution in [-0.2, 0) is 4.79 Å². The molecule has 0 radical (unpaired) electrons. The first kappa shape index (κ1) is 17.4. The quantitative estimate of drug-likeness (QED) is 0.598. The maximum absolute atomic E-state index is 13.3. The van der Waals surface area contributed by atoms with E-state index in [-0.39, 0.29) is 17.1 Å². The minimum atomic E-state index is -0.222. The molecule has 3 aromatic rings. The number of nitrogens with zero attached hydrogens (tertiary/aromatic N) is 2. The number of nitrogens with one attached hydrogen (secondary N) is 1. The topological polar surface area (TPSA) is 54.9 Å². The summed E-state index contributed by atoms with van der Waals surface area (Å²) in [5.41, 5.74) is 5.62. The number of fused-ring (bicyclic) bond motifs is 3. The summed E-state index contributed by atoms with van der Waals surface area (Å²) in [7, 11) is 0. The summed E-state index contributed by atoms with van der Waals surface area (Å²) >= 11 is 6.09. The number of anilines is 1. The molecular weight excluding hydrogens is 370 g/mol. The summed E-state index contributed by atoms with van der Waals surface area (Å²) in [5, 5.41) is 5.19. The van der Waals surface area contributed by atoms with Crippen LogP contribution in [0.2, 0.25) is 5.02 Å². The zero-order valence-electron chi connectivity index (χ0n) is 15.8. The molecule has 2 aliphatic rings. The minimum absolute atomic E-state index is 0.0587. The summed E-state index contributed by atoms with van der Waals surface area (Å²) in [4.78, 5) is 22.4. The third kappa shape index (κ3) is 2.71. The van der Waals surface area contributed by atoms with Crippen molar-refractivity contribution in [3.63, 3.8) is 0 Å². The Morgan fingerprint density at radius 1 is 1.11 bits per heavy atom. The van der Waals surface area contributed by atoms with Gasteiger partial charge in [-0.05, 0) is 47.7 Å². The van der Waals surface area contributed by atoms with Gasteiger partial charge in [-0.15, -0.1) is 0 Å². The molecule has 0 saturated heterocycles. The Balaban J connectivity index is 1.81. The van der Waals surface area contributed by atoms with Crippen molar-refractivity contribution < 1.29 is 4.79 Å². The lowest BCUT2D eigenvalue weighted by Crippen LogP contribution is -2.34. The minimum Gasteiger partial charge on any atom is -0.358 e. The number of pyridine rings is 2. The van der Waals surface area contributed by atoms with Gasteiger partial charge < -0.3 is 5.32 Å². The van der Waals surface area contributed by atoms with Gasteiger partial charge in [-0.25, -0.2) is 0 Å². The molecule has 4 nitrogen and oxygen atoms in total. The third-order valence-electron chi connectivity index (χ3n) is 5.66. The van der Waals surface area contributed by atoms with Crippen LogP contribution in [0.3, 0.4) is 0 Å². The molecule has 3 heterocycles. The fourth-order valence-electron chi connectivity index (χ4n) is 4.54. The number of rotatable bonds is 1. The van der Waals surface area contributed by atoms with E-state index in [1.165, 1.54) is 0 Å². The van der Waals surface area contributed by atoms with Crippen molar-refractivity contribution in [2.75, 3.05) is 5.32 Å². The Labute approximate surface area is 168 Å². The highest BCUT2D eigenvalue weighted by Gasteiger charge is 2.41. The highest BCUT2D eigenvalue weighted by Crippen LogP contribution is 2.50. The molecule has 0 fully saturated rings. The molecule has 1 unspecified atom stereocenters. The average molecular weight is 390 g/mol. The van der Waals surface area contributed by atoms with Crippen LogP contribution in [-0.4, -0.2) is 15.8 Å². The third-order valence-corrected chi connectivity index (χ3v) is 5.88. The molecule has 0 saturated carbocycles. The van der Waals surface area contributed by atoms with Crippen molar-refractivity contribution in [3.8, 4) is 0 Å². The zero-order valence-corrected chi connectivity index (χ0v) is 16.5. The second-order valence-corrected chi connectivity index (χ2v) is 8.83. The first-order valence-corrected chi connectivity index (χ1v) is 9.83. The molecule has 5 rings (SSSR count). The predicted octanol–water partition coefficient (Wildman–Crippen LogP) is 5.48. The van der Waals surface area contributed by atoms with E-state index in [4.69, 9.17) is 11.6 Å². The van der Waals surface area contributed by atoms with Crippen LogP contribution in [0.25, 0.3) is 10.9 Å². The number of halogens is 1.